The lowest BCUT2D eigenvalue weighted by Gasteiger charge is -2.29. The van der Waals surface area contributed by atoms with Crippen LogP contribution >= 0.6 is 0 Å². The predicted octanol–water partition coefficient (Wildman–Crippen LogP) is 8.23. The summed E-state index contributed by atoms with van der Waals surface area (Å²) < 4.78 is 68.0. The zero-order valence-corrected chi connectivity index (χ0v) is 34.2. The van der Waals surface area contributed by atoms with Gasteiger partial charge < -0.3 is 18.6 Å². The Hall–Kier alpha value is -6.76. The molecule has 0 fully saturated rings. The molecule has 0 bridgehead atoms. The van der Waals surface area contributed by atoms with E-state index in [1.54, 1.807) is 83.9 Å². The second-order valence-electron chi connectivity index (χ2n) is 14.7. The van der Waals surface area contributed by atoms with E-state index in [0.29, 0.717) is 33.8 Å². The molecule has 0 amide bonds. The van der Waals surface area contributed by atoms with E-state index >= 15 is 0 Å². The molecule has 2 aromatic heterocycles. The number of aromatic nitrogens is 2. The Morgan fingerprint density at radius 3 is 1.18 bits per heavy atom. The van der Waals surface area contributed by atoms with Gasteiger partial charge in [-0.3, -0.25) is 9.59 Å². The molecule has 8 aromatic rings. The summed E-state index contributed by atoms with van der Waals surface area (Å²) in [5, 5.41) is 1.57. The van der Waals surface area contributed by atoms with Crippen molar-refractivity contribution in [3.8, 4) is 33.8 Å². The van der Waals surface area contributed by atoms with E-state index in [-0.39, 0.29) is 32.4 Å². The highest BCUT2D eigenvalue weighted by Gasteiger charge is 2.35. The van der Waals surface area contributed by atoms with Gasteiger partial charge in [-0.2, -0.15) is 0 Å². The molecule has 0 aliphatic carbocycles. The third-order valence-electron chi connectivity index (χ3n) is 11.1. The normalized spacial score (nSPS) is 15.3. The van der Waals surface area contributed by atoms with Crippen molar-refractivity contribution >= 4 is 41.5 Å². The average Bonchev–Trinajstić information content (AvgIpc) is 3.28. The number of rotatable bonds is 6. The Morgan fingerprint density at radius 1 is 0.450 bits per heavy atom. The minimum Gasteiger partial charge on any atom is -0.483 e. The second kappa shape index (κ2) is 15.1. The van der Waals surface area contributed by atoms with Crippen molar-refractivity contribution in [3.05, 3.63) is 190 Å². The van der Waals surface area contributed by atoms with Gasteiger partial charge in [-0.05, 0) is 59.7 Å². The van der Waals surface area contributed by atoms with Crippen LogP contribution in [0.5, 0.6) is 11.5 Å². The molecule has 2 atom stereocenters. The first-order valence-corrected chi connectivity index (χ1v) is 22.6. The van der Waals surface area contributed by atoms with E-state index in [9.17, 15) is 26.4 Å². The zero-order chi connectivity index (χ0) is 41.8. The SMILES string of the molecule is Cn1c(=O)c2c(c3ccccc31)O[C@@H](CS(=O)(=O)c1ccccc1)c1ccccc1-2.Cn1c(=O)c2c(c3ccccc31)O[C@H](CS(=O)(=O)c1ccccc1)c1ccccc1-2. The quantitative estimate of drug-likeness (QED) is 0.164. The van der Waals surface area contributed by atoms with Crippen molar-refractivity contribution in [1.82, 2.24) is 9.13 Å². The summed E-state index contributed by atoms with van der Waals surface area (Å²) in [7, 11) is -3.70. The Balaban J connectivity index is 0.000000154. The van der Waals surface area contributed by atoms with E-state index in [1.807, 2.05) is 97.1 Å². The molecule has 0 spiro atoms. The maximum absolute atomic E-state index is 13.2. The number of hydrogen-bond donors (Lipinski definition) is 0. The summed E-state index contributed by atoms with van der Waals surface area (Å²) in [5.74, 6) is 0.468. The van der Waals surface area contributed by atoms with E-state index in [1.165, 1.54) is 0 Å². The molecule has 10 nitrogen and oxygen atoms in total. The van der Waals surface area contributed by atoms with Crippen LogP contribution in [0.1, 0.15) is 23.3 Å². The first kappa shape index (κ1) is 38.7. The summed E-state index contributed by atoms with van der Waals surface area (Å²) in [6.07, 6.45) is -1.43. The molecule has 4 heterocycles. The van der Waals surface area contributed by atoms with Crippen LogP contribution in [0.4, 0.5) is 0 Å². The van der Waals surface area contributed by atoms with Crippen LogP contribution in [0.3, 0.4) is 0 Å². The van der Waals surface area contributed by atoms with Crippen molar-refractivity contribution in [3.63, 3.8) is 0 Å². The molecule has 2 aliphatic rings. The van der Waals surface area contributed by atoms with Gasteiger partial charge in [0.15, 0.2) is 19.7 Å². The molecule has 300 valence electrons. The highest BCUT2D eigenvalue weighted by atomic mass is 32.2. The Labute approximate surface area is 346 Å². The van der Waals surface area contributed by atoms with Gasteiger partial charge in [0, 0.05) is 36.0 Å². The smallest absolute Gasteiger partial charge is 0.262 e. The first-order chi connectivity index (χ1) is 28.9. The van der Waals surface area contributed by atoms with E-state index in [2.05, 4.69) is 0 Å². The van der Waals surface area contributed by atoms with Crippen LogP contribution < -0.4 is 20.6 Å². The number of ether oxygens (including phenoxy) is 2. The van der Waals surface area contributed by atoms with Crippen LogP contribution in [0.2, 0.25) is 0 Å². The van der Waals surface area contributed by atoms with Gasteiger partial charge >= 0.3 is 0 Å². The molecule has 0 radical (unpaired) electrons. The van der Waals surface area contributed by atoms with Crippen LogP contribution in [0.25, 0.3) is 44.1 Å². The molecular weight excluding hydrogens is 797 g/mol. The maximum atomic E-state index is 13.2. The Bertz CT molecular complexity index is 3100. The van der Waals surface area contributed by atoms with Gasteiger partial charge in [-0.15, -0.1) is 0 Å². The number of benzene rings is 6. The lowest BCUT2D eigenvalue weighted by atomic mass is 9.93. The Kier molecular flexibility index (Phi) is 9.76. The number of pyridine rings is 2. The Morgan fingerprint density at radius 2 is 0.783 bits per heavy atom. The van der Waals surface area contributed by atoms with Gasteiger partial charge in [0.1, 0.15) is 23.7 Å². The average molecular weight is 835 g/mol. The number of fused-ring (bicyclic) bond motifs is 10. The number of para-hydroxylation sites is 2. The van der Waals surface area contributed by atoms with E-state index in [0.717, 1.165) is 32.9 Å². The van der Waals surface area contributed by atoms with Crippen molar-refractivity contribution in [2.24, 2.45) is 14.1 Å². The van der Waals surface area contributed by atoms with Crippen molar-refractivity contribution in [1.29, 1.82) is 0 Å². The summed E-state index contributed by atoms with van der Waals surface area (Å²) in [6.45, 7) is 0. The fourth-order valence-corrected chi connectivity index (χ4v) is 11.0. The molecular formula is C48H38N2O8S2. The summed E-state index contributed by atoms with van der Waals surface area (Å²) in [6, 6.07) is 46.5. The van der Waals surface area contributed by atoms with Gasteiger partial charge in [0.2, 0.25) is 0 Å². The first-order valence-electron chi connectivity index (χ1n) is 19.3. The zero-order valence-electron chi connectivity index (χ0n) is 32.6. The molecule has 12 heteroatoms. The molecule has 2 aliphatic heterocycles. The van der Waals surface area contributed by atoms with Crippen LogP contribution in [0, 0.1) is 0 Å². The fourth-order valence-electron chi connectivity index (χ4n) is 8.17. The molecule has 0 saturated carbocycles. The second-order valence-corrected chi connectivity index (χ2v) is 18.8. The highest BCUT2D eigenvalue weighted by molar-refractivity contribution is 7.91. The van der Waals surface area contributed by atoms with Crippen molar-refractivity contribution in [2.75, 3.05) is 11.5 Å². The van der Waals surface area contributed by atoms with Gasteiger partial charge in [-0.1, -0.05) is 109 Å². The molecule has 10 rings (SSSR count). The molecule has 60 heavy (non-hydrogen) atoms. The van der Waals surface area contributed by atoms with E-state index < -0.39 is 31.9 Å². The van der Waals surface area contributed by atoms with E-state index in [4.69, 9.17) is 9.47 Å². The molecule has 0 saturated heterocycles. The van der Waals surface area contributed by atoms with Crippen molar-refractivity contribution in [2.45, 2.75) is 22.0 Å². The van der Waals surface area contributed by atoms with Gasteiger partial charge in [-0.25, -0.2) is 16.8 Å². The minimum absolute atomic E-state index is 0.166. The number of aryl methyl sites for hydroxylation is 2. The number of sulfone groups is 2. The lowest BCUT2D eigenvalue weighted by Crippen LogP contribution is -2.28. The largest absolute Gasteiger partial charge is 0.483 e. The minimum atomic E-state index is -3.59. The van der Waals surface area contributed by atoms with Gasteiger partial charge in [0.25, 0.3) is 11.1 Å². The van der Waals surface area contributed by atoms with Crippen LogP contribution in [0.15, 0.2) is 177 Å². The third kappa shape index (κ3) is 6.67. The number of nitrogens with zero attached hydrogens (tertiary/aromatic N) is 2. The standard InChI is InChI=1S/2C24H19NO4S/c2*1-25-20-14-8-7-13-19(20)23-22(24(25)26)18-12-6-5-11-17(18)21(29-23)15-30(27,28)16-9-3-2-4-10-16/h2*2-14,21H,15H2,1H3/t2*21-/m10/s1. The highest BCUT2D eigenvalue weighted by Crippen LogP contribution is 2.46. The molecule has 0 N–H and O–H groups in total. The lowest BCUT2D eigenvalue weighted by molar-refractivity contribution is 0.227. The summed E-state index contributed by atoms with van der Waals surface area (Å²) >= 11 is 0. The van der Waals surface area contributed by atoms with Crippen LogP contribution in [-0.4, -0.2) is 37.5 Å². The molecule has 0 unspecified atom stereocenters. The summed E-state index contributed by atoms with van der Waals surface area (Å²) in [4.78, 5) is 26.8. The monoisotopic (exact) mass is 834 g/mol. The predicted molar refractivity (Wildman–Crippen MR) is 233 cm³/mol. The third-order valence-corrected chi connectivity index (χ3v) is 14.6. The molecule has 6 aromatic carbocycles. The maximum Gasteiger partial charge on any atom is 0.262 e. The fraction of sp³-hybridized carbons (Fsp3) is 0.125. The van der Waals surface area contributed by atoms with Crippen molar-refractivity contribution < 1.29 is 26.3 Å². The topological polar surface area (TPSA) is 131 Å². The summed E-state index contributed by atoms with van der Waals surface area (Å²) in [5.41, 5.74) is 4.95. The number of hydrogen-bond acceptors (Lipinski definition) is 8. The van der Waals surface area contributed by atoms with Crippen LogP contribution in [-0.2, 0) is 33.8 Å². The van der Waals surface area contributed by atoms with Gasteiger partial charge in [0.05, 0.1) is 43.5 Å².